The molecule has 162 valence electrons. The Labute approximate surface area is 193 Å². The third kappa shape index (κ3) is 4.64. The molecule has 0 aromatic heterocycles. The number of hydrogen-bond acceptors (Lipinski definition) is 5. The van der Waals surface area contributed by atoms with E-state index in [1.54, 1.807) is 66.7 Å². The number of ether oxygens (including phenoxy) is 2. The molecule has 0 N–H and O–H groups in total. The van der Waals surface area contributed by atoms with Crippen molar-refractivity contribution in [2.24, 2.45) is 0 Å². The molecule has 4 rings (SSSR count). The monoisotopic (exact) mass is 469 g/mol. The van der Waals surface area contributed by atoms with Gasteiger partial charge in [-0.05, 0) is 59.8 Å². The lowest BCUT2D eigenvalue weighted by molar-refractivity contribution is -0.113. The number of carbonyl (C=O) groups excluding carboxylic acids is 2. The van der Waals surface area contributed by atoms with Crippen molar-refractivity contribution in [1.82, 2.24) is 0 Å². The van der Waals surface area contributed by atoms with E-state index in [0.29, 0.717) is 33.3 Å². The van der Waals surface area contributed by atoms with Gasteiger partial charge in [0.15, 0.2) is 11.5 Å². The van der Waals surface area contributed by atoms with Gasteiger partial charge in [-0.1, -0.05) is 41.9 Å². The van der Waals surface area contributed by atoms with Crippen LogP contribution in [-0.2, 0) is 11.4 Å². The normalized spacial score (nSPS) is 14.8. The maximum Gasteiger partial charge on any atom is 0.298 e. The minimum atomic E-state index is -0.430. The Kier molecular flexibility index (Phi) is 6.48. The number of imide groups is 1. The third-order valence-electron chi connectivity index (χ3n) is 4.69. The number of benzene rings is 3. The van der Waals surface area contributed by atoms with Crippen molar-refractivity contribution < 1.29 is 23.5 Å². The van der Waals surface area contributed by atoms with Crippen LogP contribution in [0, 0.1) is 5.82 Å². The van der Waals surface area contributed by atoms with Crippen molar-refractivity contribution in [1.29, 1.82) is 0 Å². The molecule has 5 nitrogen and oxygen atoms in total. The lowest BCUT2D eigenvalue weighted by Crippen LogP contribution is -2.27. The SMILES string of the molecule is COc1cc(/C=C2/SC(=O)N(c3cccc(Cl)c3)C2=O)ccc1OCc1ccccc1F. The zero-order chi connectivity index (χ0) is 22.7. The second kappa shape index (κ2) is 9.46. The fourth-order valence-electron chi connectivity index (χ4n) is 3.12. The minimum Gasteiger partial charge on any atom is -0.493 e. The number of thioether (sulfide) groups is 1. The van der Waals surface area contributed by atoms with Gasteiger partial charge < -0.3 is 9.47 Å². The molecule has 1 fully saturated rings. The summed E-state index contributed by atoms with van der Waals surface area (Å²) in [4.78, 5) is 26.6. The predicted octanol–water partition coefficient (Wildman–Crippen LogP) is 6.31. The Morgan fingerprint density at radius 3 is 2.59 bits per heavy atom. The highest BCUT2D eigenvalue weighted by Crippen LogP contribution is 2.37. The molecule has 1 aliphatic rings. The number of rotatable bonds is 6. The lowest BCUT2D eigenvalue weighted by atomic mass is 10.1. The fourth-order valence-corrected chi connectivity index (χ4v) is 4.15. The van der Waals surface area contributed by atoms with Crippen LogP contribution in [-0.4, -0.2) is 18.3 Å². The highest BCUT2D eigenvalue weighted by Gasteiger charge is 2.36. The van der Waals surface area contributed by atoms with E-state index in [9.17, 15) is 14.0 Å². The van der Waals surface area contributed by atoms with Gasteiger partial charge in [-0.25, -0.2) is 9.29 Å². The molecule has 0 atom stereocenters. The predicted molar refractivity (Wildman–Crippen MR) is 124 cm³/mol. The molecule has 0 saturated carbocycles. The summed E-state index contributed by atoms with van der Waals surface area (Å²) in [6, 6.07) is 18.0. The maximum absolute atomic E-state index is 13.8. The highest BCUT2D eigenvalue weighted by atomic mass is 35.5. The highest BCUT2D eigenvalue weighted by molar-refractivity contribution is 8.19. The van der Waals surface area contributed by atoms with Crippen molar-refractivity contribution >= 4 is 46.3 Å². The van der Waals surface area contributed by atoms with E-state index in [-0.39, 0.29) is 17.3 Å². The smallest absolute Gasteiger partial charge is 0.298 e. The van der Waals surface area contributed by atoms with Crippen LogP contribution >= 0.6 is 23.4 Å². The summed E-state index contributed by atoms with van der Waals surface area (Å²) in [5, 5.41) is 0.0292. The van der Waals surface area contributed by atoms with Gasteiger partial charge in [0.2, 0.25) is 0 Å². The molecule has 3 aromatic carbocycles. The van der Waals surface area contributed by atoms with Gasteiger partial charge in [-0.15, -0.1) is 0 Å². The van der Waals surface area contributed by atoms with E-state index in [4.69, 9.17) is 21.1 Å². The number of methoxy groups -OCH3 is 1. The summed E-state index contributed by atoms with van der Waals surface area (Å²) < 4.78 is 24.9. The van der Waals surface area contributed by atoms with E-state index < -0.39 is 11.1 Å². The zero-order valence-corrected chi connectivity index (χ0v) is 18.5. The van der Waals surface area contributed by atoms with E-state index in [2.05, 4.69) is 0 Å². The van der Waals surface area contributed by atoms with E-state index >= 15 is 0 Å². The van der Waals surface area contributed by atoms with Crippen molar-refractivity contribution in [3.8, 4) is 11.5 Å². The molecular weight excluding hydrogens is 453 g/mol. The number of amides is 2. The van der Waals surface area contributed by atoms with Gasteiger partial charge >= 0.3 is 0 Å². The first-order chi connectivity index (χ1) is 15.5. The first-order valence-corrected chi connectivity index (χ1v) is 10.7. The summed E-state index contributed by atoms with van der Waals surface area (Å²) >= 11 is 6.84. The molecule has 0 bridgehead atoms. The second-order valence-electron chi connectivity index (χ2n) is 6.79. The number of nitrogens with zero attached hydrogens (tertiary/aromatic N) is 1. The van der Waals surface area contributed by atoms with Crippen LogP contribution in [0.5, 0.6) is 11.5 Å². The van der Waals surface area contributed by atoms with Crippen LogP contribution < -0.4 is 14.4 Å². The number of hydrogen-bond donors (Lipinski definition) is 0. The molecule has 32 heavy (non-hydrogen) atoms. The minimum absolute atomic E-state index is 0.0426. The largest absolute Gasteiger partial charge is 0.493 e. The van der Waals surface area contributed by atoms with Crippen molar-refractivity contribution in [2.75, 3.05) is 12.0 Å². The number of carbonyl (C=O) groups is 2. The molecule has 1 saturated heterocycles. The maximum atomic E-state index is 13.8. The quantitative estimate of drug-likeness (QED) is 0.396. The third-order valence-corrected chi connectivity index (χ3v) is 5.79. The number of halogens is 2. The van der Waals surface area contributed by atoms with E-state index in [1.807, 2.05) is 0 Å². The molecule has 2 amide bonds. The van der Waals surface area contributed by atoms with Gasteiger partial charge in [-0.2, -0.15) is 0 Å². The second-order valence-corrected chi connectivity index (χ2v) is 8.22. The molecule has 1 heterocycles. The first-order valence-electron chi connectivity index (χ1n) is 9.54. The first kappa shape index (κ1) is 21.9. The van der Waals surface area contributed by atoms with Crippen molar-refractivity contribution in [3.05, 3.63) is 93.6 Å². The molecule has 0 radical (unpaired) electrons. The Hall–Kier alpha value is -3.29. The summed E-state index contributed by atoms with van der Waals surface area (Å²) in [6.45, 7) is 0.0426. The van der Waals surface area contributed by atoms with Crippen LogP contribution in [0.25, 0.3) is 6.08 Å². The number of anilines is 1. The van der Waals surface area contributed by atoms with Crippen LogP contribution in [0.3, 0.4) is 0 Å². The molecule has 8 heteroatoms. The van der Waals surface area contributed by atoms with Gasteiger partial charge in [-0.3, -0.25) is 9.59 Å². The molecule has 0 spiro atoms. The summed E-state index contributed by atoms with van der Waals surface area (Å²) in [6.07, 6.45) is 1.61. The summed E-state index contributed by atoms with van der Waals surface area (Å²) in [5.41, 5.74) is 1.49. The Morgan fingerprint density at radius 2 is 1.84 bits per heavy atom. The average molecular weight is 470 g/mol. The Morgan fingerprint density at radius 1 is 1.03 bits per heavy atom. The van der Waals surface area contributed by atoms with Crippen LogP contribution in [0.4, 0.5) is 14.9 Å². The lowest BCUT2D eigenvalue weighted by Gasteiger charge is -2.13. The van der Waals surface area contributed by atoms with Crippen LogP contribution in [0.1, 0.15) is 11.1 Å². The van der Waals surface area contributed by atoms with Gasteiger partial charge in [0.25, 0.3) is 11.1 Å². The van der Waals surface area contributed by atoms with Crippen molar-refractivity contribution in [3.63, 3.8) is 0 Å². The Balaban J connectivity index is 1.54. The molecule has 0 unspecified atom stereocenters. The fraction of sp³-hybridized carbons (Fsp3) is 0.0833. The zero-order valence-electron chi connectivity index (χ0n) is 16.9. The Bertz CT molecular complexity index is 1230. The van der Waals surface area contributed by atoms with E-state index in [0.717, 1.165) is 16.7 Å². The summed E-state index contributed by atoms with van der Waals surface area (Å²) in [7, 11) is 1.49. The molecule has 3 aromatic rings. The van der Waals surface area contributed by atoms with Gasteiger partial charge in [0, 0.05) is 10.6 Å². The van der Waals surface area contributed by atoms with Crippen molar-refractivity contribution in [2.45, 2.75) is 6.61 Å². The standard InChI is InChI=1S/C24H17ClFNO4S/c1-30-21-11-15(9-10-20(21)31-14-16-5-2-3-8-19(16)26)12-22-23(28)27(24(29)32-22)18-7-4-6-17(25)13-18/h2-13H,14H2,1H3/b22-12+. The van der Waals surface area contributed by atoms with Gasteiger partial charge in [0.05, 0.1) is 17.7 Å². The molecular formula is C24H17ClFNO4S. The topological polar surface area (TPSA) is 55.8 Å². The van der Waals surface area contributed by atoms with Crippen LogP contribution in [0.2, 0.25) is 5.02 Å². The van der Waals surface area contributed by atoms with Gasteiger partial charge in [0.1, 0.15) is 12.4 Å². The average Bonchev–Trinajstić information content (AvgIpc) is 3.06. The van der Waals surface area contributed by atoms with Crippen LogP contribution in [0.15, 0.2) is 71.6 Å². The molecule has 1 aliphatic heterocycles. The summed E-state index contributed by atoms with van der Waals surface area (Å²) in [5.74, 6) is 0.0729. The molecule has 0 aliphatic carbocycles. The van der Waals surface area contributed by atoms with E-state index in [1.165, 1.54) is 13.2 Å².